The fourth-order valence-electron chi connectivity index (χ4n) is 4.22. The Labute approximate surface area is 238 Å². The highest BCUT2D eigenvalue weighted by molar-refractivity contribution is 6.10. The van der Waals surface area contributed by atoms with Gasteiger partial charge in [0.15, 0.2) is 0 Å². The molecule has 0 spiro atoms. The third-order valence-electron chi connectivity index (χ3n) is 6.56. The summed E-state index contributed by atoms with van der Waals surface area (Å²) in [7, 11) is 0. The number of aryl methyl sites for hydroxylation is 1. The fourth-order valence-corrected chi connectivity index (χ4v) is 4.22. The van der Waals surface area contributed by atoms with E-state index in [9.17, 15) is 19.2 Å². The second-order valence-electron chi connectivity index (χ2n) is 10.1. The van der Waals surface area contributed by atoms with E-state index in [1.807, 2.05) is 30.3 Å². The van der Waals surface area contributed by atoms with Crippen LogP contribution in [-0.4, -0.2) is 41.5 Å². The minimum absolute atomic E-state index is 0.118. The van der Waals surface area contributed by atoms with Gasteiger partial charge in [0.25, 0.3) is 5.91 Å². The second-order valence-corrected chi connectivity index (χ2v) is 10.1. The Morgan fingerprint density at radius 2 is 1.24 bits per heavy atom. The smallest absolute Gasteiger partial charge is 0.346 e. The predicted molar refractivity (Wildman–Crippen MR) is 152 cm³/mol. The Kier molecular flexibility index (Phi) is 11.3. The first-order valence-corrected chi connectivity index (χ1v) is 13.5. The van der Waals surface area contributed by atoms with Gasteiger partial charge >= 0.3 is 5.92 Å². The number of alkyl halides is 2. The normalized spacial score (nSPS) is 12.7. The molecule has 3 aromatic rings. The lowest BCUT2D eigenvalue weighted by atomic mass is 9.96. The van der Waals surface area contributed by atoms with Gasteiger partial charge in [-0.05, 0) is 29.0 Å². The monoisotopic (exact) mass is 563 g/mol. The number of hydrogen-bond acceptors (Lipinski definition) is 4. The summed E-state index contributed by atoms with van der Waals surface area (Å²) in [5.74, 6) is -9.49. The van der Waals surface area contributed by atoms with Gasteiger partial charge in [-0.2, -0.15) is 8.78 Å². The van der Waals surface area contributed by atoms with Crippen LogP contribution in [0.15, 0.2) is 91.0 Å². The molecule has 7 nitrogen and oxygen atoms in total. The summed E-state index contributed by atoms with van der Waals surface area (Å²) >= 11 is 0. The van der Waals surface area contributed by atoms with Gasteiger partial charge in [-0.25, -0.2) is 0 Å². The van der Waals surface area contributed by atoms with Crippen LogP contribution in [0.25, 0.3) is 0 Å². The number of halogens is 2. The van der Waals surface area contributed by atoms with Crippen molar-refractivity contribution in [2.24, 2.45) is 5.92 Å². The molecule has 0 bridgehead atoms. The Balaban J connectivity index is 1.73. The molecule has 0 saturated carbocycles. The maximum Gasteiger partial charge on any atom is 0.383 e. The van der Waals surface area contributed by atoms with Crippen LogP contribution in [0.2, 0.25) is 0 Å². The Bertz CT molecular complexity index is 1300. The minimum atomic E-state index is -4.41. The number of benzene rings is 3. The molecule has 9 heteroatoms. The molecule has 216 valence electrons. The van der Waals surface area contributed by atoms with Gasteiger partial charge in [0.1, 0.15) is 6.04 Å². The summed E-state index contributed by atoms with van der Waals surface area (Å²) in [5.41, 5.74) is 2.05. The van der Waals surface area contributed by atoms with Gasteiger partial charge in [0, 0.05) is 19.4 Å². The molecule has 1 unspecified atom stereocenters. The van der Waals surface area contributed by atoms with Crippen molar-refractivity contribution in [1.29, 1.82) is 0 Å². The molecule has 0 aliphatic carbocycles. The van der Waals surface area contributed by atoms with Gasteiger partial charge in [-0.1, -0.05) is 105 Å². The van der Waals surface area contributed by atoms with Crippen LogP contribution in [0.1, 0.15) is 37.0 Å². The van der Waals surface area contributed by atoms with Crippen molar-refractivity contribution in [2.45, 2.75) is 57.7 Å². The van der Waals surface area contributed by atoms with Crippen molar-refractivity contribution in [3.05, 3.63) is 108 Å². The van der Waals surface area contributed by atoms with Crippen molar-refractivity contribution < 1.29 is 28.0 Å². The number of carbonyl (C=O) groups excluding carboxylic acids is 4. The molecular weight excluding hydrogens is 528 g/mol. The molecule has 41 heavy (non-hydrogen) atoms. The number of amides is 3. The first kappa shape index (κ1) is 31.1. The summed E-state index contributed by atoms with van der Waals surface area (Å²) < 4.78 is 30.3. The highest BCUT2D eigenvalue weighted by atomic mass is 19.3. The van der Waals surface area contributed by atoms with Crippen LogP contribution < -0.4 is 16.0 Å². The van der Waals surface area contributed by atoms with Gasteiger partial charge < -0.3 is 16.0 Å². The van der Waals surface area contributed by atoms with Crippen molar-refractivity contribution in [3.8, 4) is 0 Å². The quantitative estimate of drug-likeness (QED) is 0.258. The van der Waals surface area contributed by atoms with Crippen LogP contribution in [-0.2, 0) is 38.6 Å². The molecule has 3 aromatic carbocycles. The molecule has 2 atom stereocenters. The number of ketones is 1. The van der Waals surface area contributed by atoms with E-state index in [1.165, 1.54) is 0 Å². The molecule has 0 aliphatic heterocycles. The molecule has 3 rings (SSSR count). The lowest BCUT2D eigenvalue weighted by Crippen LogP contribution is -2.59. The zero-order valence-corrected chi connectivity index (χ0v) is 23.1. The summed E-state index contributed by atoms with van der Waals surface area (Å²) in [6, 6.07) is 23.3. The molecule has 0 radical (unpaired) electrons. The molecule has 0 fully saturated rings. The lowest BCUT2D eigenvalue weighted by molar-refractivity contribution is -0.160. The van der Waals surface area contributed by atoms with Crippen molar-refractivity contribution >= 4 is 23.5 Å². The van der Waals surface area contributed by atoms with Crippen LogP contribution in [0.4, 0.5) is 8.78 Å². The summed E-state index contributed by atoms with van der Waals surface area (Å²) in [6.45, 7) is 3.20. The van der Waals surface area contributed by atoms with Gasteiger partial charge in [0.2, 0.25) is 17.6 Å². The summed E-state index contributed by atoms with van der Waals surface area (Å²) in [6.07, 6.45) is 0.310. The van der Waals surface area contributed by atoms with E-state index in [1.54, 1.807) is 74.5 Å². The van der Waals surface area contributed by atoms with Crippen LogP contribution in [0.5, 0.6) is 0 Å². The summed E-state index contributed by atoms with van der Waals surface area (Å²) in [5, 5.41) is 7.17. The van der Waals surface area contributed by atoms with E-state index in [2.05, 4.69) is 16.0 Å². The van der Waals surface area contributed by atoms with E-state index < -0.39 is 41.5 Å². The first-order chi connectivity index (χ1) is 19.6. The average molecular weight is 564 g/mol. The number of hydrogen-bond donors (Lipinski definition) is 3. The Morgan fingerprint density at radius 1 is 0.732 bits per heavy atom. The number of rotatable bonds is 14. The van der Waals surface area contributed by atoms with E-state index in [0.29, 0.717) is 17.5 Å². The zero-order chi connectivity index (χ0) is 29.8. The van der Waals surface area contributed by atoms with E-state index >= 15 is 8.78 Å². The highest BCUT2D eigenvalue weighted by Crippen LogP contribution is 2.20. The zero-order valence-electron chi connectivity index (χ0n) is 23.1. The highest BCUT2D eigenvalue weighted by Gasteiger charge is 2.50. The Hall–Kier alpha value is -4.40. The van der Waals surface area contributed by atoms with Crippen molar-refractivity contribution in [3.63, 3.8) is 0 Å². The number of carbonyl (C=O) groups is 4. The number of Topliss-reactive ketones (excluding diaryl/α,β-unsaturated/α-hetero) is 1. The maximum atomic E-state index is 15.2. The fraction of sp³-hybridized carbons (Fsp3) is 0.312. The maximum absolute atomic E-state index is 15.2. The third-order valence-corrected chi connectivity index (χ3v) is 6.56. The van der Waals surface area contributed by atoms with E-state index in [4.69, 9.17) is 0 Å². The topological polar surface area (TPSA) is 104 Å². The Morgan fingerprint density at radius 3 is 1.78 bits per heavy atom. The number of nitrogens with one attached hydrogen (secondary N) is 3. The van der Waals surface area contributed by atoms with E-state index in [-0.39, 0.29) is 25.3 Å². The van der Waals surface area contributed by atoms with Crippen LogP contribution in [0.3, 0.4) is 0 Å². The standard InChI is InChI=1S/C32H35F2N3O4/c1-22(2)28(37-27(38)19-18-23-12-6-3-7-13-23)30(40)36-26(20-24-14-8-4-9-15-24)29(39)32(33,34)31(41)35-21-25-16-10-5-11-17-25/h3-17,22,26,28H,18-21H2,1-2H3,(H,35,41)(H,36,40)(H,37,38)/t26?,28-/m0/s1. The molecule has 0 aliphatic rings. The van der Waals surface area contributed by atoms with Crippen molar-refractivity contribution in [1.82, 2.24) is 16.0 Å². The second kappa shape index (κ2) is 14.8. The largest absolute Gasteiger partial charge is 0.383 e. The third kappa shape index (κ3) is 9.34. The molecule has 3 amide bonds. The summed E-state index contributed by atoms with van der Waals surface area (Å²) in [4.78, 5) is 51.5. The molecule has 0 aromatic heterocycles. The van der Waals surface area contributed by atoms with Gasteiger partial charge in [-0.15, -0.1) is 0 Å². The van der Waals surface area contributed by atoms with Crippen molar-refractivity contribution in [2.75, 3.05) is 0 Å². The molecular formula is C32H35F2N3O4. The van der Waals surface area contributed by atoms with E-state index in [0.717, 1.165) is 5.56 Å². The van der Waals surface area contributed by atoms with Gasteiger partial charge in [-0.3, -0.25) is 19.2 Å². The first-order valence-electron chi connectivity index (χ1n) is 13.5. The predicted octanol–water partition coefficient (Wildman–Crippen LogP) is 4.01. The molecule has 3 N–H and O–H groups in total. The minimum Gasteiger partial charge on any atom is -0.346 e. The SMILES string of the molecule is CC(C)[C@H](NC(=O)CCc1ccccc1)C(=O)NC(Cc1ccccc1)C(=O)C(F)(F)C(=O)NCc1ccccc1. The molecule has 0 saturated heterocycles. The lowest BCUT2D eigenvalue weighted by Gasteiger charge is -2.27. The van der Waals surface area contributed by atoms with Gasteiger partial charge in [0.05, 0.1) is 6.04 Å². The van der Waals surface area contributed by atoms with Crippen LogP contribution in [0, 0.1) is 5.92 Å². The average Bonchev–Trinajstić information content (AvgIpc) is 2.98. The molecule has 0 heterocycles. The van der Waals surface area contributed by atoms with Crippen LogP contribution >= 0.6 is 0 Å².